The maximum absolute atomic E-state index is 11.9. The molecule has 23 heavy (non-hydrogen) atoms. The van der Waals surface area contributed by atoms with Crippen LogP contribution in [0.25, 0.3) is 0 Å². The summed E-state index contributed by atoms with van der Waals surface area (Å²) in [6.07, 6.45) is 0. The summed E-state index contributed by atoms with van der Waals surface area (Å²) in [6, 6.07) is 7.39. The van der Waals surface area contributed by atoms with Crippen LogP contribution in [0.1, 0.15) is 33.3 Å². The smallest absolute Gasteiger partial charge is 0.315 e. The predicted molar refractivity (Wildman–Crippen MR) is 95.4 cm³/mol. The molecule has 0 saturated carbocycles. The zero-order valence-electron chi connectivity index (χ0n) is 14.6. The van der Waals surface area contributed by atoms with Crippen molar-refractivity contribution in [1.82, 2.24) is 10.6 Å². The van der Waals surface area contributed by atoms with Crippen LogP contribution >= 0.6 is 0 Å². The van der Waals surface area contributed by atoms with E-state index in [1.165, 1.54) is 0 Å². The summed E-state index contributed by atoms with van der Waals surface area (Å²) < 4.78 is 17.3. The van der Waals surface area contributed by atoms with Gasteiger partial charge in [0.1, 0.15) is 12.4 Å². The van der Waals surface area contributed by atoms with Crippen LogP contribution in [0.5, 0.6) is 5.75 Å². The van der Waals surface area contributed by atoms with Crippen LogP contribution in [0.2, 0.25) is 0 Å². The summed E-state index contributed by atoms with van der Waals surface area (Å²) in [6.45, 7) is 10.4. The zero-order valence-corrected chi connectivity index (χ0v) is 15.5. The average molecular weight is 340 g/mol. The Labute approximate surface area is 141 Å². The zero-order chi connectivity index (χ0) is 17.5. The number of amides is 2. The molecule has 0 aromatic heterocycles. The summed E-state index contributed by atoms with van der Waals surface area (Å²) in [5.41, 5.74) is 1.13. The first-order valence-electron chi connectivity index (χ1n) is 7.81. The molecule has 2 atom stereocenters. The fourth-order valence-electron chi connectivity index (χ4n) is 1.81. The molecule has 6 heteroatoms. The van der Waals surface area contributed by atoms with Gasteiger partial charge in [-0.2, -0.15) is 0 Å². The second-order valence-electron chi connectivity index (χ2n) is 6.59. The molecule has 0 aliphatic carbocycles. The van der Waals surface area contributed by atoms with Gasteiger partial charge in [0.25, 0.3) is 0 Å². The molecule has 5 nitrogen and oxygen atoms in total. The molecule has 2 amide bonds. The topological polar surface area (TPSA) is 67.4 Å². The van der Waals surface area contributed by atoms with E-state index in [2.05, 4.69) is 10.6 Å². The van der Waals surface area contributed by atoms with Crippen molar-refractivity contribution in [1.29, 1.82) is 0 Å². The molecule has 0 saturated heterocycles. The van der Waals surface area contributed by atoms with Crippen molar-refractivity contribution in [3.63, 3.8) is 0 Å². The van der Waals surface area contributed by atoms with Crippen LogP contribution in [-0.4, -0.2) is 39.9 Å². The molecule has 130 valence electrons. The number of rotatable bonds is 7. The standard InChI is InChI=1S/C17H28N2O3S/c1-13-7-6-8-15(11-13)22-12-14(2)19-16(20)18-9-10-23(21)17(3,4)5/h6-8,11,14H,9-10,12H2,1-5H3,(H2,18,19,20)/t14-,23+/m1/s1. The average Bonchev–Trinajstić information content (AvgIpc) is 2.44. The van der Waals surface area contributed by atoms with Crippen molar-refractivity contribution in [3.8, 4) is 5.75 Å². The van der Waals surface area contributed by atoms with Gasteiger partial charge in [-0.25, -0.2) is 4.79 Å². The third-order valence-electron chi connectivity index (χ3n) is 3.12. The Morgan fingerprint density at radius 2 is 2.04 bits per heavy atom. The van der Waals surface area contributed by atoms with Crippen molar-refractivity contribution in [2.75, 3.05) is 18.9 Å². The molecule has 0 radical (unpaired) electrons. The molecule has 0 fully saturated rings. The Morgan fingerprint density at radius 1 is 1.35 bits per heavy atom. The Morgan fingerprint density at radius 3 is 2.65 bits per heavy atom. The molecule has 1 aromatic carbocycles. The van der Waals surface area contributed by atoms with Crippen molar-refractivity contribution >= 4 is 16.8 Å². The summed E-state index contributed by atoms with van der Waals surface area (Å²) in [5.74, 6) is 1.24. The van der Waals surface area contributed by atoms with E-state index < -0.39 is 10.8 Å². The lowest BCUT2D eigenvalue weighted by molar-refractivity contribution is 0.227. The van der Waals surface area contributed by atoms with Gasteiger partial charge in [-0.05, 0) is 52.3 Å². The normalized spacial score (nSPS) is 14.0. The molecular weight excluding hydrogens is 312 g/mol. The van der Waals surface area contributed by atoms with Crippen molar-refractivity contribution in [2.45, 2.75) is 45.4 Å². The van der Waals surface area contributed by atoms with E-state index >= 15 is 0 Å². The number of hydrogen-bond acceptors (Lipinski definition) is 3. The lowest BCUT2D eigenvalue weighted by atomic mass is 10.2. The van der Waals surface area contributed by atoms with E-state index in [1.54, 1.807) is 0 Å². The van der Waals surface area contributed by atoms with Gasteiger partial charge in [-0.15, -0.1) is 0 Å². The van der Waals surface area contributed by atoms with Crippen molar-refractivity contribution in [3.05, 3.63) is 29.8 Å². The highest BCUT2D eigenvalue weighted by Gasteiger charge is 2.19. The molecule has 0 aliphatic rings. The first-order chi connectivity index (χ1) is 10.7. The van der Waals surface area contributed by atoms with E-state index in [1.807, 2.05) is 58.9 Å². The maximum Gasteiger partial charge on any atom is 0.315 e. The first kappa shape index (κ1) is 19.5. The molecular formula is C17H28N2O3S. The largest absolute Gasteiger partial charge is 0.491 e. The first-order valence-corrected chi connectivity index (χ1v) is 9.12. The number of hydrogen-bond donors (Lipinski definition) is 2. The fraction of sp³-hybridized carbons (Fsp3) is 0.588. The van der Waals surface area contributed by atoms with Crippen LogP contribution in [-0.2, 0) is 10.8 Å². The quantitative estimate of drug-likeness (QED) is 0.802. The third-order valence-corrected chi connectivity index (χ3v) is 5.06. The van der Waals surface area contributed by atoms with Crippen molar-refractivity contribution in [2.24, 2.45) is 0 Å². The Balaban J connectivity index is 2.25. The summed E-state index contributed by atoms with van der Waals surface area (Å²) in [5, 5.41) is 5.53. The molecule has 0 heterocycles. The van der Waals surface area contributed by atoms with E-state index in [0.29, 0.717) is 18.9 Å². The van der Waals surface area contributed by atoms with Gasteiger partial charge in [0.15, 0.2) is 0 Å². The van der Waals surface area contributed by atoms with Crippen LogP contribution in [0.15, 0.2) is 24.3 Å². The Bertz CT molecular complexity index is 541. The minimum absolute atomic E-state index is 0.122. The van der Waals surface area contributed by atoms with E-state index in [-0.39, 0.29) is 16.8 Å². The van der Waals surface area contributed by atoms with Gasteiger partial charge in [0.2, 0.25) is 0 Å². The number of benzene rings is 1. The highest BCUT2D eigenvalue weighted by atomic mass is 32.2. The lowest BCUT2D eigenvalue weighted by Gasteiger charge is -2.18. The number of ether oxygens (including phenoxy) is 1. The van der Waals surface area contributed by atoms with Gasteiger partial charge in [0, 0.05) is 27.8 Å². The number of aryl methyl sites for hydroxylation is 1. The summed E-state index contributed by atoms with van der Waals surface area (Å²) in [4.78, 5) is 11.8. The van der Waals surface area contributed by atoms with Gasteiger partial charge in [0.05, 0.1) is 6.04 Å². The van der Waals surface area contributed by atoms with Crippen LogP contribution in [0.3, 0.4) is 0 Å². The Kier molecular flexibility index (Phi) is 7.55. The second kappa shape index (κ2) is 8.91. The van der Waals surface area contributed by atoms with Gasteiger partial charge >= 0.3 is 6.03 Å². The van der Waals surface area contributed by atoms with Gasteiger partial charge < -0.3 is 15.4 Å². The molecule has 0 bridgehead atoms. The van der Waals surface area contributed by atoms with Crippen LogP contribution in [0, 0.1) is 6.92 Å². The molecule has 1 rings (SSSR count). The van der Waals surface area contributed by atoms with E-state index in [4.69, 9.17) is 4.74 Å². The van der Waals surface area contributed by atoms with Gasteiger partial charge in [-0.3, -0.25) is 4.21 Å². The minimum atomic E-state index is -0.964. The van der Waals surface area contributed by atoms with E-state index in [0.717, 1.165) is 11.3 Å². The SMILES string of the molecule is Cc1cccc(OC[C@@H](C)NC(=O)NCC[S@](=O)C(C)(C)C)c1. The van der Waals surface area contributed by atoms with Gasteiger partial charge in [-0.1, -0.05) is 12.1 Å². The highest BCUT2D eigenvalue weighted by Crippen LogP contribution is 2.12. The maximum atomic E-state index is 11.9. The number of nitrogens with one attached hydrogen (secondary N) is 2. The molecule has 0 aliphatic heterocycles. The van der Waals surface area contributed by atoms with Crippen molar-refractivity contribution < 1.29 is 13.7 Å². The van der Waals surface area contributed by atoms with E-state index in [9.17, 15) is 9.00 Å². The minimum Gasteiger partial charge on any atom is -0.491 e. The molecule has 0 spiro atoms. The molecule has 0 unspecified atom stereocenters. The summed E-state index contributed by atoms with van der Waals surface area (Å²) in [7, 11) is -0.964. The number of carbonyl (C=O) groups is 1. The van der Waals surface area contributed by atoms with Crippen LogP contribution < -0.4 is 15.4 Å². The number of carbonyl (C=O) groups excluding carboxylic acids is 1. The third kappa shape index (κ3) is 8.02. The predicted octanol–water partition coefficient (Wildman–Crippen LogP) is 2.61. The Hall–Kier alpha value is -1.56. The molecule has 1 aromatic rings. The summed E-state index contributed by atoms with van der Waals surface area (Å²) >= 11 is 0. The highest BCUT2D eigenvalue weighted by molar-refractivity contribution is 7.86. The number of urea groups is 1. The second-order valence-corrected chi connectivity index (χ2v) is 8.91. The molecule has 2 N–H and O–H groups in total. The fourth-order valence-corrected chi connectivity index (χ4v) is 2.71. The monoisotopic (exact) mass is 340 g/mol. The van der Waals surface area contributed by atoms with Crippen LogP contribution in [0.4, 0.5) is 4.79 Å². The lowest BCUT2D eigenvalue weighted by Crippen LogP contribution is -2.44.